The Labute approximate surface area is 77.5 Å². The van der Waals surface area contributed by atoms with Gasteiger partial charge in [0.1, 0.15) is 0 Å². The van der Waals surface area contributed by atoms with Crippen LogP contribution in [0.4, 0.5) is 11.9 Å². The number of nitrogen functional groups attached to an aromatic ring is 1. The number of anilines is 2. The van der Waals surface area contributed by atoms with Gasteiger partial charge in [0.2, 0.25) is 11.9 Å². The highest BCUT2D eigenvalue weighted by molar-refractivity contribution is 5.34. The van der Waals surface area contributed by atoms with Crippen LogP contribution in [0, 0.1) is 0 Å². The zero-order valence-corrected chi connectivity index (χ0v) is 7.90. The highest BCUT2D eigenvalue weighted by Gasteiger charge is 2.15. The molecule has 1 fully saturated rings. The Bertz CT molecular complexity index is 267. The van der Waals surface area contributed by atoms with Gasteiger partial charge in [-0.15, -0.1) is 5.10 Å². The minimum absolute atomic E-state index is 0.487. The molecule has 2 rings (SSSR count). The van der Waals surface area contributed by atoms with Crippen molar-refractivity contribution >= 4 is 11.9 Å². The van der Waals surface area contributed by atoms with E-state index in [1.165, 1.54) is 19.3 Å². The van der Waals surface area contributed by atoms with Crippen molar-refractivity contribution in [1.29, 1.82) is 0 Å². The molecular weight excluding hydrogens is 166 g/mol. The SMILES string of the molecule is Cn1nc(N2CCCCC2)nc1N. The topological polar surface area (TPSA) is 60.0 Å². The van der Waals surface area contributed by atoms with Crippen molar-refractivity contribution in [3.8, 4) is 0 Å². The van der Waals surface area contributed by atoms with Gasteiger partial charge in [-0.25, -0.2) is 4.68 Å². The van der Waals surface area contributed by atoms with Crippen molar-refractivity contribution < 1.29 is 0 Å². The van der Waals surface area contributed by atoms with Crippen molar-refractivity contribution in [1.82, 2.24) is 14.8 Å². The Morgan fingerprint density at radius 3 is 2.46 bits per heavy atom. The zero-order chi connectivity index (χ0) is 9.26. The third-order valence-electron chi connectivity index (χ3n) is 2.42. The standard InChI is InChI=1S/C8H15N5/c1-12-7(9)10-8(11-12)13-5-3-2-4-6-13/h2-6H2,1H3,(H2,9,10,11). The average Bonchev–Trinajstić information content (AvgIpc) is 2.49. The van der Waals surface area contributed by atoms with E-state index < -0.39 is 0 Å². The molecule has 13 heavy (non-hydrogen) atoms. The number of piperidine rings is 1. The zero-order valence-electron chi connectivity index (χ0n) is 7.90. The number of aromatic nitrogens is 3. The van der Waals surface area contributed by atoms with E-state index in [1.54, 1.807) is 4.68 Å². The van der Waals surface area contributed by atoms with Gasteiger partial charge in [-0.2, -0.15) is 4.98 Å². The fourth-order valence-electron chi connectivity index (χ4n) is 1.61. The molecule has 1 aromatic heterocycles. The maximum atomic E-state index is 5.61. The Kier molecular flexibility index (Phi) is 2.08. The molecule has 5 heteroatoms. The largest absolute Gasteiger partial charge is 0.368 e. The van der Waals surface area contributed by atoms with Crippen LogP contribution in [0.2, 0.25) is 0 Å². The van der Waals surface area contributed by atoms with E-state index in [-0.39, 0.29) is 0 Å². The molecule has 0 unspecified atom stereocenters. The molecule has 0 atom stereocenters. The number of rotatable bonds is 1. The molecule has 0 radical (unpaired) electrons. The molecule has 1 aliphatic heterocycles. The lowest BCUT2D eigenvalue weighted by molar-refractivity contribution is 0.566. The predicted molar refractivity (Wildman–Crippen MR) is 51.5 cm³/mol. The van der Waals surface area contributed by atoms with Gasteiger partial charge in [0, 0.05) is 20.1 Å². The van der Waals surface area contributed by atoms with Gasteiger partial charge in [-0.3, -0.25) is 0 Å². The molecule has 5 nitrogen and oxygen atoms in total. The van der Waals surface area contributed by atoms with Crippen LogP contribution in [0.1, 0.15) is 19.3 Å². The van der Waals surface area contributed by atoms with Crippen LogP contribution in [-0.4, -0.2) is 27.9 Å². The second kappa shape index (κ2) is 3.24. The molecule has 0 spiro atoms. The van der Waals surface area contributed by atoms with E-state index in [0.29, 0.717) is 5.95 Å². The summed E-state index contributed by atoms with van der Waals surface area (Å²) in [6, 6.07) is 0. The molecule has 0 aromatic carbocycles. The third-order valence-corrected chi connectivity index (χ3v) is 2.42. The fourth-order valence-corrected chi connectivity index (χ4v) is 1.61. The average molecular weight is 181 g/mol. The molecule has 0 amide bonds. The van der Waals surface area contributed by atoms with Crippen LogP contribution in [0.5, 0.6) is 0 Å². The lowest BCUT2D eigenvalue weighted by Crippen LogP contribution is -2.30. The Balaban J connectivity index is 2.14. The van der Waals surface area contributed by atoms with Gasteiger partial charge in [0.05, 0.1) is 0 Å². The summed E-state index contributed by atoms with van der Waals surface area (Å²) in [5.74, 6) is 1.26. The molecule has 0 bridgehead atoms. The predicted octanol–water partition coefficient (Wildman–Crippen LogP) is 0.388. The summed E-state index contributed by atoms with van der Waals surface area (Å²) in [6.07, 6.45) is 3.79. The van der Waals surface area contributed by atoms with Gasteiger partial charge >= 0.3 is 0 Å². The van der Waals surface area contributed by atoms with Crippen molar-refractivity contribution in [3.05, 3.63) is 0 Å². The molecule has 2 heterocycles. The second-order valence-corrected chi connectivity index (χ2v) is 3.44. The number of hydrogen-bond donors (Lipinski definition) is 1. The summed E-state index contributed by atoms with van der Waals surface area (Å²) < 4.78 is 1.62. The van der Waals surface area contributed by atoms with Crippen LogP contribution < -0.4 is 10.6 Å². The monoisotopic (exact) mass is 181 g/mol. The summed E-state index contributed by atoms with van der Waals surface area (Å²) in [5.41, 5.74) is 5.61. The summed E-state index contributed by atoms with van der Waals surface area (Å²) in [5, 5.41) is 4.24. The van der Waals surface area contributed by atoms with Crippen molar-refractivity contribution in [2.75, 3.05) is 23.7 Å². The molecular formula is C8H15N5. The van der Waals surface area contributed by atoms with Gasteiger partial charge in [-0.1, -0.05) is 0 Å². The lowest BCUT2D eigenvalue weighted by Gasteiger charge is -2.24. The van der Waals surface area contributed by atoms with E-state index in [2.05, 4.69) is 15.0 Å². The van der Waals surface area contributed by atoms with E-state index >= 15 is 0 Å². The van der Waals surface area contributed by atoms with Gasteiger partial charge in [0.15, 0.2) is 0 Å². The van der Waals surface area contributed by atoms with Gasteiger partial charge in [0.25, 0.3) is 0 Å². The van der Waals surface area contributed by atoms with Crippen LogP contribution in [0.15, 0.2) is 0 Å². The lowest BCUT2D eigenvalue weighted by atomic mass is 10.1. The Morgan fingerprint density at radius 2 is 1.92 bits per heavy atom. The number of hydrogen-bond acceptors (Lipinski definition) is 4. The quantitative estimate of drug-likeness (QED) is 0.680. The smallest absolute Gasteiger partial charge is 0.246 e. The van der Waals surface area contributed by atoms with Crippen LogP contribution >= 0.6 is 0 Å². The molecule has 72 valence electrons. The summed E-state index contributed by atoms with van der Waals surface area (Å²) in [7, 11) is 1.82. The number of aryl methyl sites for hydroxylation is 1. The highest BCUT2D eigenvalue weighted by Crippen LogP contribution is 2.16. The van der Waals surface area contributed by atoms with Crippen molar-refractivity contribution in [3.63, 3.8) is 0 Å². The van der Waals surface area contributed by atoms with Gasteiger partial charge in [-0.05, 0) is 19.3 Å². The summed E-state index contributed by atoms with van der Waals surface area (Å²) >= 11 is 0. The minimum Gasteiger partial charge on any atom is -0.368 e. The van der Waals surface area contributed by atoms with Gasteiger partial charge < -0.3 is 10.6 Å². The van der Waals surface area contributed by atoms with Crippen molar-refractivity contribution in [2.45, 2.75) is 19.3 Å². The van der Waals surface area contributed by atoms with Crippen molar-refractivity contribution in [2.24, 2.45) is 7.05 Å². The molecule has 0 aliphatic carbocycles. The maximum Gasteiger partial charge on any atom is 0.246 e. The fraction of sp³-hybridized carbons (Fsp3) is 0.750. The summed E-state index contributed by atoms with van der Waals surface area (Å²) in [6.45, 7) is 2.12. The molecule has 1 aliphatic rings. The van der Waals surface area contributed by atoms with E-state index in [0.717, 1.165) is 19.0 Å². The normalized spacial score (nSPS) is 17.8. The van der Waals surface area contributed by atoms with Crippen LogP contribution in [0.25, 0.3) is 0 Å². The van der Waals surface area contributed by atoms with E-state index in [4.69, 9.17) is 5.73 Å². The Hall–Kier alpha value is -1.26. The molecule has 2 N–H and O–H groups in total. The van der Waals surface area contributed by atoms with Crippen LogP contribution in [-0.2, 0) is 7.05 Å². The highest BCUT2D eigenvalue weighted by atomic mass is 15.4. The number of nitrogens with two attached hydrogens (primary N) is 1. The molecule has 0 saturated carbocycles. The first-order valence-electron chi connectivity index (χ1n) is 4.69. The molecule has 1 aromatic rings. The number of nitrogens with zero attached hydrogens (tertiary/aromatic N) is 4. The maximum absolute atomic E-state index is 5.61. The van der Waals surface area contributed by atoms with Crippen LogP contribution in [0.3, 0.4) is 0 Å². The first kappa shape index (κ1) is 8.34. The minimum atomic E-state index is 0.487. The van der Waals surface area contributed by atoms with E-state index in [1.807, 2.05) is 7.05 Å². The van der Waals surface area contributed by atoms with E-state index in [9.17, 15) is 0 Å². The summed E-state index contributed by atoms with van der Waals surface area (Å²) in [4.78, 5) is 6.38. The third kappa shape index (κ3) is 1.59. The first-order valence-corrected chi connectivity index (χ1v) is 4.69. The molecule has 1 saturated heterocycles. The Morgan fingerprint density at radius 1 is 1.23 bits per heavy atom. The first-order chi connectivity index (χ1) is 6.27. The second-order valence-electron chi connectivity index (χ2n) is 3.44.